The zero-order valence-corrected chi connectivity index (χ0v) is 13.5. The molecule has 0 aromatic rings. The van der Waals surface area contributed by atoms with Crippen LogP contribution in [-0.4, -0.2) is 24.5 Å². The van der Waals surface area contributed by atoms with E-state index < -0.39 is 0 Å². The molecule has 0 fully saturated rings. The van der Waals surface area contributed by atoms with Crippen molar-refractivity contribution in [2.75, 3.05) is 19.6 Å². The van der Waals surface area contributed by atoms with Crippen molar-refractivity contribution >= 4 is 0 Å². The van der Waals surface area contributed by atoms with Crippen LogP contribution in [0.15, 0.2) is 0 Å². The van der Waals surface area contributed by atoms with Gasteiger partial charge in [0.2, 0.25) is 0 Å². The summed E-state index contributed by atoms with van der Waals surface area (Å²) in [5, 5.41) is 0. The number of nitrogens with zero attached hydrogens (tertiary/aromatic N) is 1. The van der Waals surface area contributed by atoms with E-state index >= 15 is 0 Å². The predicted molar refractivity (Wildman–Crippen MR) is 84.2 cm³/mol. The smallest absolute Gasteiger partial charge is 0.00187 e. The summed E-state index contributed by atoms with van der Waals surface area (Å²) in [6, 6.07) is 0. The molecule has 0 N–H and O–H groups in total. The highest BCUT2D eigenvalue weighted by atomic mass is 15.1. The summed E-state index contributed by atoms with van der Waals surface area (Å²) in [5.41, 5.74) is 0. The highest BCUT2D eigenvalue weighted by molar-refractivity contribution is 4.59. The third-order valence-electron chi connectivity index (χ3n) is 3.66. The molecule has 0 atom stereocenters. The van der Waals surface area contributed by atoms with Crippen molar-refractivity contribution < 1.29 is 0 Å². The molecule has 0 bridgehead atoms. The zero-order valence-electron chi connectivity index (χ0n) is 13.5. The summed E-state index contributed by atoms with van der Waals surface area (Å²) < 4.78 is 0. The van der Waals surface area contributed by atoms with Crippen LogP contribution in [0, 0.1) is 5.92 Å². The van der Waals surface area contributed by atoms with Crippen molar-refractivity contribution in [1.29, 1.82) is 0 Å². The van der Waals surface area contributed by atoms with Gasteiger partial charge in [-0.25, -0.2) is 0 Å². The van der Waals surface area contributed by atoms with E-state index in [1.807, 2.05) is 0 Å². The molecule has 0 radical (unpaired) electrons. The monoisotopic (exact) mass is 255 g/mol. The number of rotatable bonds is 13. The second-order valence-corrected chi connectivity index (χ2v) is 6.15. The van der Waals surface area contributed by atoms with E-state index in [2.05, 4.69) is 32.6 Å². The van der Waals surface area contributed by atoms with Gasteiger partial charge in [-0.15, -0.1) is 0 Å². The Kier molecular flexibility index (Phi) is 13.4. The lowest BCUT2D eigenvalue weighted by Gasteiger charge is -2.22. The maximum absolute atomic E-state index is 2.71. The Labute approximate surface area is 116 Å². The fourth-order valence-electron chi connectivity index (χ4n) is 2.39. The third kappa shape index (κ3) is 12.4. The second-order valence-electron chi connectivity index (χ2n) is 6.15. The largest absolute Gasteiger partial charge is 0.303 e. The lowest BCUT2D eigenvalue weighted by Crippen LogP contribution is -2.27. The zero-order chi connectivity index (χ0) is 13.6. The van der Waals surface area contributed by atoms with Crippen LogP contribution in [-0.2, 0) is 0 Å². The van der Waals surface area contributed by atoms with E-state index in [4.69, 9.17) is 0 Å². The van der Waals surface area contributed by atoms with Crippen LogP contribution in [0.3, 0.4) is 0 Å². The minimum atomic E-state index is 0.874. The van der Waals surface area contributed by atoms with Gasteiger partial charge < -0.3 is 4.90 Å². The molecule has 0 saturated carbocycles. The van der Waals surface area contributed by atoms with Crippen molar-refractivity contribution in [3.05, 3.63) is 0 Å². The van der Waals surface area contributed by atoms with Gasteiger partial charge >= 0.3 is 0 Å². The molecule has 0 unspecified atom stereocenters. The topological polar surface area (TPSA) is 3.24 Å². The molecule has 0 aromatic heterocycles. The first-order chi connectivity index (χ1) is 8.70. The molecule has 0 spiro atoms. The van der Waals surface area contributed by atoms with Crippen LogP contribution in [0.1, 0.15) is 85.5 Å². The molecule has 0 aromatic carbocycles. The fraction of sp³-hybridized carbons (Fsp3) is 1.00. The van der Waals surface area contributed by atoms with Gasteiger partial charge in [-0.2, -0.15) is 0 Å². The quantitative estimate of drug-likeness (QED) is 0.393. The molecule has 0 rings (SSSR count). The van der Waals surface area contributed by atoms with Crippen LogP contribution in [0.5, 0.6) is 0 Å². The molecule has 1 nitrogen and oxygen atoms in total. The molecule has 1 heteroatoms. The third-order valence-corrected chi connectivity index (χ3v) is 3.66. The van der Waals surface area contributed by atoms with E-state index in [0.717, 1.165) is 5.92 Å². The molecule has 0 amide bonds. The van der Waals surface area contributed by atoms with Crippen LogP contribution in [0.2, 0.25) is 0 Å². The maximum Gasteiger partial charge on any atom is -0.00187 e. The van der Waals surface area contributed by atoms with Crippen molar-refractivity contribution in [1.82, 2.24) is 4.90 Å². The van der Waals surface area contributed by atoms with Gasteiger partial charge in [0.1, 0.15) is 0 Å². The number of hydrogen-bond donors (Lipinski definition) is 0. The van der Waals surface area contributed by atoms with Crippen LogP contribution in [0.25, 0.3) is 0 Å². The minimum absolute atomic E-state index is 0.874. The summed E-state index contributed by atoms with van der Waals surface area (Å²) in [6.45, 7) is 13.3. The van der Waals surface area contributed by atoms with Crippen molar-refractivity contribution in [3.63, 3.8) is 0 Å². The van der Waals surface area contributed by atoms with Gasteiger partial charge in [-0.3, -0.25) is 0 Å². The fourth-order valence-corrected chi connectivity index (χ4v) is 2.39. The number of unbranched alkanes of at least 4 members (excludes halogenated alkanes) is 5. The SMILES string of the molecule is CCCCCN(CCCCC)CCCCC(C)C. The summed E-state index contributed by atoms with van der Waals surface area (Å²) in [4.78, 5) is 2.71. The van der Waals surface area contributed by atoms with Crippen molar-refractivity contribution in [3.8, 4) is 0 Å². The number of hydrogen-bond acceptors (Lipinski definition) is 1. The van der Waals surface area contributed by atoms with E-state index in [1.165, 1.54) is 77.4 Å². The Morgan fingerprint density at radius 1 is 0.667 bits per heavy atom. The van der Waals surface area contributed by atoms with Gasteiger partial charge in [0, 0.05) is 0 Å². The van der Waals surface area contributed by atoms with Crippen LogP contribution in [0.4, 0.5) is 0 Å². The summed E-state index contributed by atoms with van der Waals surface area (Å²) >= 11 is 0. The van der Waals surface area contributed by atoms with E-state index in [0.29, 0.717) is 0 Å². The highest BCUT2D eigenvalue weighted by Crippen LogP contribution is 2.09. The van der Waals surface area contributed by atoms with Crippen LogP contribution < -0.4 is 0 Å². The maximum atomic E-state index is 2.71. The summed E-state index contributed by atoms with van der Waals surface area (Å²) in [6.07, 6.45) is 12.5. The van der Waals surface area contributed by atoms with Crippen molar-refractivity contribution in [2.24, 2.45) is 5.92 Å². The standard InChI is InChI=1S/C17H37N/c1-5-7-10-14-18(15-11-8-6-2)16-12-9-13-17(3)4/h17H,5-16H2,1-4H3. The first-order valence-electron chi connectivity index (χ1n) is 8.43. The van der Waals surface area contributed by atoms with Gasteiger partial charge in [-0.1, -0.05) is 66.2 Å². The molecule has 0 aliphatic heterocycles. The Hall–Kier alpha value is -0.0400. The second kappa shape index (κ2) is 13.4. The summed E-state index contributed by atoms with van der Waals surface area (Å²) in [5.74, 6) is 0.874. The van der Waals surface area contributed by atoms with Gasteiger partial charge in [0.05, 0.1) is 0 Å². The van der Waals surface area contributed by atoms with Crippen LogP contribution >= 0.6 is 0 Å². The minimum Gasteiger partial charge on any atom is -0.303 e. The molecule has 110 valence electrons. The molecular weight excluding hydrogens is 218 g/mol. The van der Waals surface area contributed by atoms with Gasteiger partial charge in [-0.05, 0) is 44.8 Å². The highest BCUT2D eigenvalue weighted by Gasteiger charge is 2.04. The average molecular weight is 255 g/mol. The van der Waals surface area contributed by atoms with E-state index in [-0.39, 0.29) is 0 Å². The van der Waals surface area contributed by atoms with E-state index in [1.54, 1.807) is 0 Å². The Morgan fingerprint density at radius 3 is 1.50 bits per heavy atom. The molecule has 0 heterocycles. The van der Waals surface area contributed by atoms with Crippen molar-refractivity contribution in [2.45, 2.75) is 85.5 Å². The summed E-state index contributed by atoms with van der Waals surface area (Å²) in [7, 11) is 0. The first-order valence-corrected chi connectivity index (χ1v) is 8.43. The van der Waals surface area contributed by atoms with E-state index in [9.17, 15) is 0 Å². The molecule has 18 heavy (non-hydrogen) atoms. The normalized spacial score (nSPS) is 11.7. The lowest BCUT2D eigenvalue weighted by molar-refractivity contribution is 0.254. The Morgan fingerprint density at radius 2 is 1.11 bits per heavy atom. The first kappa shape index (κ1) is 18.0. The van der Waals surface area contributed by atoms with Gasteiger partial charge in [0.15, 0.2) is 0 Å². The Balaban J connectivity index is 3.66. The molecular formula is C17H37N. The predicted octanol–water partition coefficient (Wildman–Crippen LogP) is 5.50. The average Bonchev–Trinajstić information content (AvgIpc) is 2.34. The molecule has 0 saturated heterocycles. The van der Waals surface area contributed by atoms with Gasteiger partial charge in [0.25, 0.3) is 0 Å². The molecule has 0 aliphatic rings. The molecule has 0 aliphatic carbocycles. The lowest BCUT2D eigenvalue weighted by atomic mass is 10.1. The Bertz CT molecular complexity index is 144.